The van der Waals surface area contributed by atoms with Gasteiger partial charge in [0, 0.05) is 33.0 Å². The summed E-state index contributed by atoms with van der Waals surface area (Å²) in [7, 11) is -3.02. The van der Waals surface area contributed by atoms with E-state index in [2.05, 4.69) is 13.1 Å². The van der Waals surface area contributed by atoms with Gasteiger partial charge in [-0.25, -0.2) is 4.79 Å². The van der Waals surface area contributed by atoms with Crippen molar-refractivity contribution in [2.75, 3.05) is 46.6 Å². The molecule has 0 fully saturated rings. The van der Waals surface area contributed by atoms with Crippen LogP contribution in [-0.2, 0) is 27.2 Å². The standard InChI is InChI=1S/C23H49NO7Si2/c1-9-28-32(7,29-10-2)17-13-15-22(20-24(19-21(5)25)23(26)27-6)16-14-18-33(8,30-11-3)31-12-4/h22H,9-20H2,1-8H3. The lowest BCUT2D eigenvalue weighted by atomic mass is 9.97. The number of carbonyl (C=O) groups excluding carboxylic acids is 2. The summed E-state index contributed by atoms with van der Waals surface area (Å²) in [6.07, 6.45) is 3.30. The van der Waals surface area contributed by atoms with E-state index in [4.69, 9.17) is 22.4 Å². The van der Waals surface area contributed by atoms with E-state index in [1.807, 2.05) is 27.7 Å². The Bertz CT molecular complexity index is 511. The molecule has 0 saturated heterocycles. The molecule has 196 valence electrons. The van der Waals surface area contributed by atoms with Gasteiger partial charge in [0.05, 0.1) is 13.7 Å². The lowest BCUT2D eigenvalue weighted by molar-refractivity contribution is -0.118. The molecule has 10 heteroatoms. The van der Waals surface area contributed by atoms with Crippen molar-refractivity contribution in [2.24, 2.45) is 5.92 Å². The first-order chi connectivity index (χ1) is 15.6. The maximum Gasteiger partial charge on any atom is 0.409 e. The second-order valence-corrected chi connectivity index (χ2v) is 15.4. The molecule has 0 unspecified atom stereocenters. The monoisotopic (exact) mass is 507 g/mol. The van der Waals surface area contributed by atoms with Crippen LogP contribution in [-0.4, -0.2) is 80.5 Å². The van der Waals surface area contributed by atoms with Crippen molar-refractivity contribution >= 4 is 29.0 Å². The number of rotatable bonds is 20. The van der Waals surface area contributed by atoms with E-state index in [0.29, 0.717) is 33.0 Å². The number of carbonyl (C=O) groups is 2. The Labute approximate surface area is 204 Å². The normalized spacial score (nSPS) is 12.3. The highest BCUT2D eigenvalue weighted by atomic mass is 28.4. The van der Waals surface area contributed by atoms with Gasteiger partial charge in [0.25, 0.3) is 0 Å². The number of ether oxygens (including phenoxy) is 1. The average Bonchev–Trinajstić information content (AvgIpc) is 2.72. The summed E-state index contributed by atoms with van der Waals surface area (Å²) >= 11 is 0. The van der Waals surface area contributed by atoms with E-state index >= 15 is 0 Å². The van der Waals surface area contributed by atoms with Crippen LogP contribution in [0, 0.1) is 5.92 Å². The van der Waals surface area contributed by atoms with Crippen LogP contribution in [0.4, 0.5) is 4.79 Å². The van der Waals surface area contributed by atoms with Gasteiger partial charge in [0.2, 0.25) is 0 Å². The Morgan fingerprint density at radius 1 is 0.788 bits per heavy atom. The molecule has 0 aromatic carbocycles. The molecule has 0 heterocycles. The Morgan fingerprint density at radius 3 is 1.48 bits per heavy atom. The molecule has 0 aliphatic carbocycles. The van der Waals surface area contributed by atoms with Crippen LogP contribution >= 0.6 is 0 Å². The van der Waals surface area contributed by atoms with Crippen LogP contribution in [0.15, 0.2) is 0 Å². The van der Waals surface area contributed by atoms with E-state index in [1.54, 1.807) is 0 Å². The minimum atomic E-state index is -2.19. The van der Waals surface area contributed by atoms with Gasteiger partial charge in [-0.1, -0.05) is 12.8 Å². The molecule has 0 spiro atoms. The van der Waals surface area contributed by atoms with Gasteiger partial charge in [-0.05, 0) is 78.6 Å². The van der Waals surface area contributed by atoms with Gasteiger partial charge in [-0.2, -0.15) is 0 Å². The zero-order valence-electron chi connectivity index (χ0n) is 22.4. The maximum atomic E-state index is 12.3. The van der Waals surface area contributed by atoms with Crippen molar-refractivity contribution in [3.05, 3.63) is 0 Å². The number of hydrogen-bond acceptors (Lipinski definition) is 7. The third-order valence-electron chi connectivity index (χ3n) is 5.61. The van der Waals surface area contributed by atoms with Gasteiger partial charge >= 0.3 is 23.2 Å². The molecular formula is C23H49NO7Si2. The average molecular weight is 508 g/mol. The molecule has 0 aliphatic rings. The molecule has 1 amide bonds. The molecule has 8 nitrogen and oxygen atoms in total. The predicted molar refractivity (Wildman–Crippen MR) is 136 cm³/mol. The quantitative estimate of drug-likeness (QED) is 0.212. The summed E-state index contributed by atoms with van der Waals surface area (Å²) in [6, 6.07) is 1.81. The number of amides is 1. The summed E-state index contributed by atoms with van der Waals surface area (Å²) in [5, 5.41) is 0. The Balaban J connectivity index is 5.23. The summed E-state index contributed by atoms with van der Waals surface area (Å²) in [5.41, 5.74) is 0. The summed E-state index contributed by atoms with van der Waals surface area (Å²) in [4.78, 5) is 25.5. The molecule has 0 saturated carbocycles. The van der Waals surface area contributed by atoms with Crippen LogP contribution < -0.4 is 0 Å². The minimum Gasteiger partial charge on any atom is -0.453 e. The van der Waals surface area contributed by atoms with Crippen molar-refractivity contribution in [2.45, 2.75) is 85.5 Å². The number of ketones is 1. The van der Waals surface area contributed by atoms with E-state index < -0.39 is 23.2 Å². The predicted octanol–water partition coefficient (Wildman–Crippen LogP) is 5.11. The second-order valence-electron chi connectivity index (χ2n) is 8.70. The molecule has 0 N–H and O–H groups in total. The van der Waals surface area contributed by atoms with Crippen molar-refractivity contribution in [3.63, 3.8) is 0 Å². The van der Waals surface area contributed by atoms with E-state index in [0.717, 1.165) is 37.8 Å². The lowest BCUT2D eigenvalue weighted by Gasteiger charge is -2.30. The van der Waals surface area contributed by atoms with Gasteiger partial charge in [-0.15, -0.1) is 0 Å². The van der Waals surface area contributed by atoms with Crippen molar-refractivity contribution in [3.8, 4) is 0 Å². The summed E-state index contributed by atoms with van der Waals surface area (Å²) < 4.78 is 28.9. The Morgan fingerprint density at radius 2 is 1.18 bits per heavy atom. The molecule has 0 atom stereocenters. The highest BCUT2D eigenvalue weighted by Gasteiger charge is 2.32. The fourth-order valence-corrected chi connectivity index (χ4v) is 9.14. The zero-order valence-corrected chi connectivity index (χ0v) is 24.4. The molecule has 0 radical (unpaired) electrons. The molecular weight excluding hydrogens is 458 g/mol. The van der Waals surface area contributed by atoms with Crippen LogP contribution in [0.5, 0.6) is 0 Å². The third-order valence-corrected chi connectivity index (χ3v) is 11.7. The van der Waals surface area contributed by atoms with E-state index in [-0.39, 0.29) is 18.2 Å². The number of methoxy groups -OCH3 is 1. The van der Waals surface area contributed by atoms with Gasteiger partial charge in [-0.3, -0.25) is 4.79 Å². The van der Waals surface area contributed by atoms with Crippen LogP contribution in [0.2, 0.25) is 25.2 Å². The summed E-state index contributed by atoms with van der Waals surface area (Å²) in [5.74, 6) is 0.186. The van der Waals surface area contributed by atoms with E-state index in [1.165, 1.54) is 18.9 Å². The van der Waals surface area contributed by atoms with Gasteiger partial charge in [0.1, 0.15) is 5.78 Å². The van der Waals surface area contributed by atoms with Crippen molar-refractivity contribution < 1.29 is 32.0 Å². The summed E-state index contributed by atoms with van der Waals surface area (Å²) in [6.45, 7) is 16.9. The fourth-order valence-electron chi connectivity index (χ4n) is 4.26. The molecule has 0 aliphatic heterocycles. The van der Waals surface area contributed by atoms with Gasteiger partial charge in [0.15, 0.2) is 0 Å². The first kappa shape index (κ1) is 32.2. The van der Waals surface area contributed by atoms with Crippen LogP contribution in [0.3, 0.4) is 0 Å². The van der Waals surface area contributed by atoms with Crippen molar-refractivity contribution in [1.29, 1.82) is 0 Å². The number of nitrogens with zero attached hydrogens (tertiary/aromatic N) is 1. The number of Topliss-reactive ketones (excluding diaryl/α,β-unsaturated/α-hetero) is 1. The maximum absolute atomic E-state index is 12.3. The van der Waals surface area contributed by atoms with E-state index in [9.17, 15) is 9.59 Å². The highest BCUT2D eigenvalue weighted by Crippen LogP contribution is 2.26. The first-order valence-electron chi connectivity index (χ1n) is 12.5. The SMILES string of the molecule is CCO[Si](C)(CCCC(CCC[Si](C)(OCC)OCC)CN(CC(C)=O)C(=O)OC)OCC. The van der Waals surface area contributed by atoms with Crippen molar-refractivity contribution in [1.82, 2.24) is 4.90 Å². The van der Waals surface area contributed by atoms with Crippen LogP contribution in [0.25, 0.3) is 0 Å². The highest BCUT2D eigenvalue weighted by molar-refractivity contribution is 6.66. The Hall–Kier alpha value is -0.786. The molecule has 0 bridgehead atoms. The smallest absolute Gasteiger partial charge is 0.409 e. The Kier molecular flexibility index (Phi) is 17.2. The molecule has 0 aromatic rings. The van der Waals surface area contributed by atoms with Crippen LogP contribution in [0.1, 0.15) is 60.3 Å². The molecule has 33 heavy (non-hydrogen) atoms. The molecule has 0 rings (SSSR count). The molecule has 0 aromatic heterocycles. The zero-order chi connectivity index (χ0) is 25.3. The fraction of sp³-hybridized carbons (Fsp3) is 0.913. The van der Waals surface area contributed by atoms with Gasteiger partial charge < -0.3 is 27.3 Å². The lowest BCUT2D eigenvalue weighted by Crippen LogP contribution is -2.40. The third kappa shape index (κ3) is 14.3. The second kappa shape index (κ2) is 17.6. The number of hydrogen-bond donors (Lipinski definition) is 0. The largest absolute Gasteiger partial charge is 0.453 e. The first-order valence-corrected chi connectivity index (χ1v) is 17.5. The topological polar surface area (TPSA) is 83.5 Å². The minimum absolute atomic E-state index is 0.0560.